The molecule has 1 aliphatic heterocycles. The minimum Gasteiger partial charge on any atom is -0.493 e. The molecule has 0 spiro atoms. The summed E-state index contributed by atoms with van der Waals surface area (Å²) in [5, 5.41) is 4.24. The number of ether oxygens (including phenoxy) is 3. The Bertz CT molecular complexity index is 849. The Kier molecular flexibility index (Phi) is 7.15. The van der Waals surface area contributed by atoms with Gasteiger partial charge in [0.05, 0.1) is 31.0 Å². The molecule has 1 aliphatic carbocycles. The van der Waals surface area contributed by atoms with Crippen molar-refractivity contribution in [2.75, 3.05) is 46.6 Å². The van der Waals surface area contributed by atoms with Gasteiger partial charge in [0.1, 0.15) is 11.9 Å². The molecule has 1 saturated heterocycles. The number of aromatic nitrogens is 1. The van der Waals surface area contributed by atoms with Gasteiger partial charge in [0, 0.05) is 51.2 Å². The molecule has 1 N–H and O–H groups in total. The number of methoxy groups -OCH3 is 1. The minimum atomic E-state index is -0.414. The van der Waals surface area contributed by atoms with Gasteiger partial charge in [0.15, 0.2) is 0 Å². The van der Waals surface area contributed by atoms with Crippen LogP contribution in [0.1, 0.15) is 25.0 Å². The van der Waals surface area contributed by atoms with E-state index < -0.39 is 6.10 Å². The first kappa shape index (κ1) is 21.0. The topological polar surface area (TPSA) is 72.9 Å². The van der Waals surface area contributed by atoms with Crippen molar-refractivity contribution in [2.24, 2.45) is 5.92 Å². The summed E-state index contributed by atoms with van der Waals surface area (Å²) < 4.78 is 16.9. The lowest BCUT2D eigenvalue weighted by Gasteiger charge is -2.30. The van der Waals surface area contributed by atoms with Gasteiger partial charge < -0.3 is 24.4 Å². The summed E-state index contributed by atoms with van der Waals surface area (Å²) >= 11 is 0. The van der Waals surface area contributed by atoms with Crippen molar-refractivity contribution in [3.05, 3.63) is 36.0 Å². The second-order valence-electron chi connectivity index (χ2n) is 8.05. The first-order valence-corrected chi connectivity index (χ1v) is 10.9. The Hall–Kier alpha value is -2.22. The molecule has 7 heteroatoms. The zero-order valence-corrected chi connectivity index (χ0v) is 17.6. The van der Waals surface area contributed by atoms with Crippen LogP contribution in [0.3, 0.4) is 0 Å². The maximum absolute atomic E-state index is 13.1. The molecule has 1 aromatic carbocycles. The summed E-state index contributed by atoms with van der Waals surface area (Å²) in [6.07, 6.45) is 2.78. The number of hydrogen-bond acceptors (Lipinski definition) is 6. The molecule has 1 atom stereocenters. The molecule has 2 aromatic rings. The fraction of sp³-hybridized carbons (Fsp3) is 0.565. The molecule has 0 bridgehead atoms. The number of para-hydroxylation sites is 1. The smallest absolute Gasteiger partial charge is 0.253 e. The Labute approximate surface area is 177 Å². The van der Waals surface area contributed by atoms with E-state index in [4.69, 9.17) is 19.2 Å². The number of fused-ring (bicyclic) bond motifs is 1. The van der Waals surface area contributed by atoms with E-state index >= 15 is 0 Å². The largest absolute Gasteiger partial charge is 0.493 e. The lowest BCUT2D eigenvalue weighted by molar-refractivity contribution is -0.146. The molecule has 4 rings (SSSR count). The highest BCUT2D eigenvalue weighted by Gasteiger charge is 2.32. The van der Waals surface area contributed by atoms with Gasteiger partial charge in [-0.3, -0.25) is 9.78 Å². The number of carbonyl (C=O) groups excluding carboxylic acids is 1. The zero-order valence-electron chi connectivity index (χ0n) is 17.6. The number of amides is 1. The fourth-order valence-corrected chi connectivity index (χ4v) is 3.75. The van der Waals surface area contributed by atoms with Crippen LogP contribution in [0.15, 0.2) is 30.3 Å². The Morgan fingerprint density at radius 2 is 2.17 bits per heavy atom. The van der Waals surface area contributed by atoms with Crippen molar-refractivity contribution in [1.82, 2.24) is 15.2 Å². The number of morpholine rings is 1. The summed E-state index contributed by atoms with van der Waals surface area (Å²) in [5.41, 5.74) is 1.72. The van der Waals surface area contributed by atoms with Crippen LogP contribution >= 0.6 is 0 Å². The average Bonchev–Trinajstić information content (AvgIpc) is 3.60. The van der Waals surface area contributed by atoms with Crippen LogP contribution in [0.5, 0.6) is 5.75 Å². The minimum absolute atomic E-state index is 0.0478. The van der Waals surface area contributed by atoms with E-state index in [-0.39, 0.29) is 5.91 Å². The van der Waals surface area contributed by atoms with Gasteiger partial charge in [0.25, 0.3) is 5.91 Å². The van der Waals surface area contributed by atoms with Crippen molar-refractivity contribution in [3.63, 3.8) is 0 Å². The van der Waals surface area contributed by atoms with Crippen LogP contribution in [0.2, 0.25) is 0 Å². The van der Waals surface area contributed by atoms with E-state index in [1.54, 1.807) is 7.11 Å². The predicted molar refractivity (Wildman–Crippen MR) is 114 cm³/mol. The molecule has 0 radical (unpaired) electrons. The van der Waals surface area contributed by atoms with Gasteiger partial charge in [-0.2, -0.15) is 0 Å². The zero-order chi connectivity index (χ0) is 20.8. The van der Waals surface area contributed by atoms with Crippen LogP contribution in [-0.4, -0.2) is 68.5 Å². The predicted octanol–water partition coefficient (Wildman–Crippen LogP) is 2.38. The van der Waals surface area contributed by atoms with Gasteiger partial charge in [-0.25, -0.2) is 0 Å². The summed E-state index contributed by atoms with van der Waals surface area (Å²) in [7, 11) is 1.69. The van der Waals surface area contributed by atoms with E-state index in [1.165, 1.54) is 12.8 Å². The molecular weight excluding hydrogens is 382 g/mol. The van der Waals surface area contributed by atoms with Crippen molar-refractivity contribution in [3.8, 4) is 5.75 Å². The van der Waals surface area contributed by atoms with Crippen LogP contribution in [0.4, 0.5) is 0 Å². The molecule has 7 nitrogen and oxygen atoms in total. The van der Waals surface area contributed by atoms with Gasteiger partial charge in [-0.15, -0.1) is 0 Å². The van der Waals surface area contributed by atoms with Crippen LogP contribution in [-0.2, 0) is 20.8 Å². The lowest BCUT2D eigenvalue weighted by atomic mass is 10.1. The van der Waals surface area contributed by atoms with E-state index in [0.29, 0.717) is 38.8 Å². The highest BCUT2D eigenvalue weighted by Crippen LogP contribution is 2.31. The molecule has 2 aliphatic rings. The monoisotopic (exact) mass is 413 g/mol. The molecule has 1 saturated carbocycles. The first-order chi connectivity index (χ1) is 14.7. The number of benzene rings is 1. The first-order valence-electron chi connectivity index (χ1n) is 10.9. The number of rotatable bonds is 10. The SMILES string of the molecule is COCCCOc1cc(CN(CC2CC2)C(=O)[C@H]2CNCCO2)nc2ccccc12. The van der Waals surface area contributed by atoms with Crippen molar-refractivity contribution in [1.29, 1.82) is 0 Å². The van der Waals surface area contributed by atoms with Gasteiger partial charge in [0.2, 0.25) is 0 Å². The van der Waals surface area contributed by atoms with Gasteiger partial charge >= 0.3 is 0 Å². The summed E-state index contributed by atoms with van der Waals surface area (Å²) in [6.45, 7) is 4.40. The maximum Gasteiger partial charge on any atom is 0.253 e. The fourth-order valence-electron chi connectivity index (χ4n) is 3.75. The number of pyridine rings is 1. The Morgan fingerprint density at radius 1 is 1.30 bits per heavy atom. The summed E-state index contributed by atoms with van der Waals surface area (Å²) in [4.78, 5) is 19.9. The number of carbonyl (C=O) groups is 1. The molecular formula is C23H31N3O4. The van der Waals surface area contributed by atoms with E-state index in [2.05, 4.69) is 5.32 Å². The van der Waals surface area contributed by atoms with Crippen LogP contribution in [0.25, 0.3) is 10.9 Å². The Morgan fingerprint density at radius 3 is 2.93 bits per heavy atom. The van der Waals surface area contributed by atoms with Crippen LogP contribution < -0.4 is 10.1 Å². The highest BCUT2D eigenvalue weighted by molar-refractivity contribution is 5.85. The molecule has 1 aromatic heterocycles. The third kappa shape index (κ3) is 5.47. The molecule has 162 valence electrons. The number of hydrogen-bond donors (Lipinski definition) is 1. The number of nitrogens with one attached hydrogen (secondary N) is 1. The van der Waals surface area contributed by atoms with Crippen molar-refractivity contribution >= 4 is 16.8 Å². The maximum atomic E-state index is 13.1. The number of nitrogens with zero attached hydrogens (tertiary/aromatic N) is 2. The van der Waals surface area contributed by atoms with Crippen molar-refractivity contribution in [2.45, 2.75) is 31.9 Å². The Balaban J connectivity index is 1.54. The molecule has 0 unspecified atom stereocenters. The highest BCUT2D eigenvalue weighted by atomic mass is 16.5. The lowest BCUT2D eigenvalue weighted by Crippen LogP contribution is -2.49. The molecule has 2 fully saturated rings. The standard InChI is InChI=1S/C23H31N3O4/c1-28-10-4-11-29-21-13-18(25-20-6-3-2-5-19(20)21)16-26(15-17-7-8-17)23(27)22-14-24-9-12-30-22/h2-3,5-6,13,17,22,24H,4,7-12,14-16H2,1H3/t22-/m1/s1. The second kappa shape index (κ2) is 10.2. The molecule has 30 heavy (non-hydrogen) atoms. The van der Waals surface area contributed by atoms with Crippen LogP contribution in [0, 0.1) is 5.92 Å². The third-order valence-corrected chi connectivity index (χ3v) is 5.52. The summed E-state index contributed by atoms with van der Waals surface area (Å²) in [5.74, 6) is 1.45. The van der Waals surface area contributed by atoms with Crippen molar-refractivity contribution < 1.29 is 19.0 Å². The second-order valence-corrected chi connectivity index (χ2v) is 8.05. The van der Waals surface area contributed by atoms with E-state index in [0.717, 1.165) is 41.9 Å². The van der Waals surface area contributed by atoms with Gasteiger partial charge in [-0.1, -0.05) is 12.1 Å². The molecule has 2 heterocycles. The van der Waals surface area contributed by atoms with E-state index in [9.17, 15) is 4.79 Å². The third-order valence-electron chi connectivity index (χ3n) is 5.52. The molecule has 1 amide bonds. The normalized spacial score (nSPS) is 19.0. The summed E-state index contributed by atoms with van der Waals surface area (Å²) in [6, 6.07) is 9.95. The quantitative estimate of drug-likeness (QED) is 0.603. The van der Waals surface area contributed by atoms with Gasteiger partial charge in [-0.05, 0) is 30.9 Å². The average molecular weight is 414 g/mol. The van der Waals surface area contributed by atoms with E-state index in [1.807, 2.05) is 35.2 Å².